The van der Waals surface area contributed by atoms with Crippen LogP contribution in [0.4, 0.5) is 5.69 Å². The van der Waals surface area contributed by atoms with Crippen LogP contribution in [0.5, 0.6) is 17.2 Å². The quantitative estimate of drug-likeness (QED) is 0.316. The number of nitrogens with one attached hydrogen (secondary N) is 1. The summed E-state index contributed by atoms with van der Waals surface area (Å²) in [6.45, 7) is 3.46. The van der Waals surface area contributed by atoms with Gasteiger partial charge in [0.15, 0.2) is 0 Å². The summed E-state index contributed by atoms with van der Waals surface area (Å²) in [5.74, 6) is 0.713. The predicted octanol–water partition coefficient (Wildman–Crippen LogP) is 2.97. The van der Waals surface area contributed by atoms with Gasteiger partial charge < -0.3 is 24.2 Å². The molecule has 45 heavy (non-hydrogen) atoms. The van der Waals surface area contributed by atoms with E-state index in [9.17, 15) is 26.7 Å². The fourth-order valence-corrected chi connectivity index (χ4v) is 7.19. The second-order valence-electron chi connectivity index (χ2n) is 11.0. The Labute approximate surface area is 264 Å². The first kappa shape index (κ1) is 34.0. The van der Waals surface area contributed by atoms with E-state index >= 15 is 0 Å². The molecule has 0 aromatic heterocycles. The number of methoxy groups -OCH3 is 2. The molecule has 1 aliphatic heterocycles. The van der Waals surface area contributed by atoms with Crippen LogP contribution in [0.3, 0.4) is 0 Å². The van der Waals surface area contributed by atoms with Crippen molar-refractivity contribution < 1.29 is 40.9 Å². The van der Waals surface area contributed by atoms with Gasteiger partial charge in [0.25, 0.3) is 10.0 Å². The Morgan fingerprint density at radius 3 is 2.11 bits per heavy atom. The van der Waals surface area contributed by atoms with E-state index in [4.69, 9.17) is 14.2 Å². The molecular formula is C31H39N3O9S2. The molecule has 3 aromatic rings. The molecular weight excluding hydrogens is 622 g/mol. The number of carbonyl (C=O) groups is 1. The molecule has 0 bridgehead atoms. The van der Waals surface area contributed by atoms with Crippen molar-refractivity contribution in [3.63, 3.8) is 0 Å². The summed E-state index contributed by atoms with van der Waals surface area (Å²) in [5.41, 5.74) is 0.621. The number of amides is 1. The number of benzene rings is 3. The van der Waals surface area contributed by atoms with Crippen LogP contribution in [-0.2, 0) is 31.3 Å². The average molecular weight is 662 g/mol. The van der Waals surface area contributed by atoms with E-state index in [-0.39, 0.29) is 53.4 Å². The number of anilines is 1. The zero-order valence-electron chi connectivity index (χ0n) is 25.8. The van der Waals surface area contributed by atoms with Gasteiger partial charge in [0, 0.05) is 30.8 Å². The van der Waals surface area contributed by atoms with Gasteiger partial charge in [-0.25, -0.2) is 16.8 Å². The van der Waals surface area contributed by atoms with Crippen molar-refractivity contribution in [2.75, 3.05) is 45.7 Å². The smallest absolute Gasteiger partial charge is 0.261 e. The maximum absolute atomic E-state index is 13.5. The zero-order valence-corrected chi connectivity index (χ0v) is 27.5. The molecule has 1 amide bonds. The van der Waals surface area contributed by atoms with Crippen LogP contribution < -0.4 is 18.9 Å². The lowest BCUT2D eigenvalue weighted by Gasteiger charge is -2.33. The highest BCUT2D eigenvalue weighted by Gasteiger charge is 2.33. The lowest BCUT2D eigenvalue weighted by atomic mass is 10.0. The lowest BCUT2D eigenvalue weighted by molar-refractivity contribution is -0.134. The Hall–Kier alpha value is -3.85. The van der Waals surface area contributed by atoms with E-state index in [2.05, 4.69) is 4.72 Å². The molecule has 4 rings (SSSR count). The Kier molecular flexibility index (Phi) is 10.6. The number of rotatable bonds is 11. The van der Waals surface area contributed by atoms with Crippen LogP contribution in [0.2, 0.25) is 0 Å². The molecule has 14 heteroatoms. The molecule has 2 N–H and O–H groups in total. The van der Waals surface area contributed by atoms with Gasteiger partial charge in [-0.1, -0.05) is 6.92 Å². The van der Waals surface area contributed by atoms with Gasteiger partial charge in [-0.3, -0.25) is 9.52 Å². The summed E-state index contributed by atoms with van der Waals surface area (Å²) in [5, 5.41) is 9.91. The number of fused-ring (bicyclic) bond motifs is 1. The Morgan fingerprint density at radius 1 is 0.978 bits per heavy atom. The van der Waals surface area contributed by atoms with Gasteiger partial charge in [0.1, 0.15) is 23.4 Å². The summed E-state index contributed by atoms with van der Waals surface area (Å²) in [6.07, 6.45) is -0.833. The minimum absolute atomic E-state index is 0.0251. The summed E-state index contributed by atoms with van der Waals surface area (Å²) in [7, 11) is -3.44. The van der Waals surface area contributed by atoms with Gasteiger partial charge in [-0.05, 0) is 73.7 Å². The van der Waals surface area contributed by atoms with Crippen LogP contribution in [0.1, 0.15) is 19.4 Å². The first-order valence-electron chi connectivity index (χ1n) is 14.3. The molecule has 3 atom stereocenters. The molecule has 1 aliphatic rings. The second kappa shape index (κ2) is 14.1. The highest BCUT2D eigenvalue weighted by molar-refractivity contribution is 7.92. The molecule has 244 valence electrons. The SMILES string of the molecule is COc1ccc(S(=O)(=O)Nc2ccc3c(c2)CC(=O)N([C@H](C)CO)C[C@H](C)[C@@H](CN(C)S(=O)(=O)c2ccc(OC)cc2)O3)cc1. The number of hydrogen-bond acceptors (Lipinski definition) is 9. The molecule has 0 aliphatic carbocycles. The van der Waals surface area contributed by atoms with Crippen molar-refractivity contribution in [2.24, 2.45) is 5.92 Å². The largest absolute Gasteiger partial charge is 0.497 e. The van der Waals surface area contributed by atoms with Gasteiger partial charge >= 0.3 is 0 Å². The maximum atomic E-state index is 13.5. The number of ether oxygens (including phenoxy) is 3. The molecule has 0 radical (unpaired) electrons. The molecule has 12 nitrogen and oxygen atoms in total. The van der Waals surface area contributed by atoms with E-state index < -0.39 is 32.2 Å². The standard InChI is InChI=1S/C31H39N3O9S2/c1-21-18-34(22(2)20-35)31(36)17-23-16-24(32-44(37,38)27-11-7-25(41-4)8-12-27)6-15-29(23)43-30(21)19-33(3)45(39,40)28-13-9-26(42-5)10-14-28/h6-16,21-22,30,32,35H,17-20H2,1-5H3/t21-,22+,30+/m0/s1. The fraction of sp³-hybridized carbons (Fsp3) is 0.387. The number of hydrogen-bond donors (Lipinski definition) is 2. The van der Waals surface area contributed by atoms with Crippen molar-refractivity contribution in [3.05, 3.63) is 72.3 Å². The number of aliphatic hydroxyl groups is 1. The normalized spacial score (nSPS) is 18.2. The van der Waals surface area contributed by atoms with Gasteiger partial charge in [-0.2, -0.15) is 4.31 Å². The lowest BCUT2D eigenvalue weighted by Crippen LogP contribution is -2.48. The summed E-state index contributed by atoms with van der Waals surface area (Å²) >= 11 is 0. The van der Waals surface area contributed by atoms with Crippen LogP contribution in [0.25, 0.3) is 0 Å². The van der Waals surface area contributed by atoms with E-state index in [1.807, 2.05) is 6.92 Å². The topological polar surface area (TPSA) is 152 Å². The number of likely N-dealkylation sites (N-methyl/N-ethyl adjacent to an activating group) is 1. The minimum Gasteiger partial charge on any atom is -0.497 e. The van der Waals surface area contributed by atoms with E-state index in [0.717, 1.165) is 0 Å². The van der Waals surface area contributed by atoms with Crippen LogP contribution in [-0.4, -0.2) is 90.2 Å². The average Bonchev–Trinajstić information content (AvgIpc) is 3.07. The van der Waals surface area contributed by atoms with Gasteiger partial charge in [0.2, 0.25) is 15.9 Å². The van der Waals surface area contributed by atoms with Gasteiger partial charge in [-0.15, -0.1) is 0 Å². The molecule has 0 saturated heterocycles. The molecule has 3 aromatic carbocycles. The number of carbonyl (C=O) groups excluding carboxylic acids is 1. The highest BCUT2D eigenvalue weighted by Crippen LogP contribution is 2.31. The third kappa shape index (κ3) is 7.87. The van der Waals surface area contributed by atoms with Crippen molar-refractivity contribution in [1.82, 2.24) is 9.21 Å². The zero-order chi connectivity index (χ0) is 32.9. The number of aliphatic hydroxyl groups excluding tert-OH is 1. The molecule has 1 heterocycles. The first-order chi connectivity index (χ1) is 21.3. The van der Waals surface area contributed by atoms with Crippen molar-refractivity contribution in [1.29, 1.82) is 0 Å². The van der Waals surface area contributed by atoms with Crippen molar-refractivity contribution in [3.8, 4) is 17.2 Å². The molecule has 0 spiro atoms. The summed E-state index contributed by atoms with van der Waals surface area (Å²) in [6, 6.07) is 16.1. The van der Waals surface area contributed by atoms with Crippen molar-refractivity contribution in [2.45, 2.75) is 42.2 Å². The summed E-state index contributed by atoms with van der Waals surface area (Å²) in [4.78, 5) is 15.2. The van der Waals surface area contributed by atoms with Crippen LogP contribution >= 0.6 is 0 Å². The van der Waals surface area contributed by atoms with E-state index in [0.29, 0.717) is 22.8 Å². The van der Waals surface area contributed by atoms with E-state index in [1.165, 1.54) is 74.1 Å². The molecule has 0 saturated carbocycles. The van der Waals surface area contributed by atoms with Crippen molar-refractivity contribution >= 4 is 31.6 Å². The monoisotopic (exact) mass is 661 g/mol. The molecule has 0 unspecified atom stereocenters. The summed E-state index contributed by atoms with van der Waals surface area (Å²) < 4.78 is 73.5. The first-order valence-corrected chi connectivity index (χ1v) is 17.2. The van der Waals surface area contributed by atoms with Gasteiger partial charge in [0.05, 0.1) is 49.6 Å². The molecule has 0 fully saturated rings. The van der Waals surface area contributed by atoms with Crippen LogP contribution in [0, 0.1) is 5.92 Å². The van der Waals surface area contributed by atoms with E-state index in [1.54, 1.807) is 30.0 Å². The third-order valence-corrected chi connectivity index (χ3v) is 11.0. The Bertz CT molecular complexity index is 1700. The maximum Gasteiger partial charge on any atom is 0.261 e. The Morgan fingerprint density at radius 2 is 1.56 bits per heavy atom. The fourth-order valence-electron chi connectivity index (χ4n) is 4.96. The third-order valence-electron chi connectivity index (χ3n) is 7.74. The number of nitrogens with zero attached hydrogens (tertiary/aromatic N) is 2. The van der Waals surface area contributed by atoms with Crippen LogP contribution in [0.15, 0.2) is 76.5 Å². The Balaban J connectivity index is 1.66. The minimum atomic E-state index is -3.97. The number of sulfonamides is 2. The highest BCUT2D eigenvalue weighted by atomic mass is 32.2. The predicted molar refractivity (Wildman–Crippen MR) is 169 cm³/mol. The second-order valence-corrected chi connectivity index (χ2v) is 14.7.